The van der Waals surface area contributed by atoms with Crippen molar-refractivity contribution in [2.75, 3.05) is 0 Å². The van der Waals surface area contributed by atoms with Gasteiger partial charge in [-0.2, -0.15) is 0 Å². The van der Waals surface area contributed by atoms with Gasteiger partial charge in [-0.1, -0.05) is 0 Å². The summed E-state index contributed by atoms with van der Waals surface area (Å²) in [5.74, 6) is 1.43. The van der Waals surface area contributed by atoms with Crippen LogP contribution in [-0.2, 0) is 13.0 Å². The molecule has 20 fully saturated rings. The molecule has 20 aliphatic heterocycles. The van der Waals surface area contributed by atoms with Crippen molar-refractivity contribution in [3.63, 3.8) is 0 Å². The molecule has 0 aromatic heterocycles. The fourth-order valence-electron chi connectivity index (χ4n) is 39.4. The SMILES string of the molecule is CCC([C]12[CH]3[CH]4[CH]5[C]1(CC)[Fe]45321678[CH]2[CH]1[CH]6[CH]7[CH]28)[C]12[CH]3[CH]4[CH]5[C]1(CC)[Fe]45321678[CH]2[CH]1[CH]6[CH]7[CH]28. The normalized spacial score (nSPS) is 145. The van der Waals surface area contributed by atoms with Crippen LogP contribution in [0.3, 0.4) is 0 Å². The molecule has 0 aromatic rings. The Morgan fingerprint density at radius 1 is 0.517 bits per heavy atom. The van der Waals surface area contributed by atoms with Gasteiger partial charge in [-0.3, -0.25) is 0 Å². The van der Waals surface area contributed by atoms with Gasteiger partial charge in [-0.25, -0.2) is 0 Å². The molecule has 0 nitrogen and oxygen atoms in total. The van der Waals surface area contributed by atoms with Crippen molar-refractivity contribution < 1.29 is 13.0 Å². The molecule has 0 radical (unpaired) electrons. The Labute approximate surface area is 152 Å². The molecule has 20 saturated heterocycles. The fraction of sp³-hybridized carbons (Fsp3) is 1.00. The van der Waals surface area contributed by atoms with Crippen LogP contribution in [0, 0.1) is 5.92 Å². The van der Waals surface area contributed by atoms with Gasteiger partial charge in [-0.15, -0.1) is 0 Å². The second kappa shape index (κ2) is 0.799. The molecule has 0 bridgehead atoms. The van der Waals surface area contributed by atoms with Gasteiger partial charge in [0.2, 0.25) is 0 Å². The molecular formula is C27H32Fe2. The molecule has 29 heavy (non-hydrogen) atoms. The zero-order valence-corrected chi connectivity index (χ0v) is 19.9. The molecule has 0 aromatic carbocycles. The third kappa shape index (κ3) is 0.0941. The van der Waals surface area contributed by atoms with E-state index in [2.05, 4.69) is 20.8 Å². The summed E-state index contributed by atoms with van der Waals surface area (Å²) in [5.41, 5.74) is 0. The van der Waals surface area contributed by atoms with Crippen LogP contribution in [0.1, 0.15) is 40.0 Å². The maximum absolute atomic E-state index is 3.15. The van der Waals surface area contributed by atoms with Crippen molar-refractivity contribution in [1.82, 2.24) is 0 Å². The summed E-state index contributed by atoms with van der Waals surface area (Å²) < 4.78 is 4.86. The van der Waals surface area contributed by atoms with Crippen molar-refractivity contribution in [2.24, 2.45) is 5.92 Å². The van der Waals surface area contributed by atoms with E-state index >= 15 is 0 Å². The average molecular weight is 468 g/mol. The van der Waals surface area contributed by atoms with Crippen LogP contribution in [0.2, 0.25) is 94.3 Å². The molecule has 10 atom stereocenters. The molecule has 0 amide bonds. The van der Waals surface area contributed by atoms with E-state index in [1.165, 1.54) is 23.2 Å². The standard InChI is InChI=1S/C17H22.2C5H5.2Fe/c1-4-13-9-7-11-16(13)15(6-3)17-12-8-10-14(17)5-2;2*1-2-4-5-3-1;;/h7-12,15H,4-6H2,1-3H3;2*1-5H;;. The van der Waals surface area contributed by atoms with Crippen LogP contribution in [0.15, 0.2) is 0 Å². The maximum atomic E-state index is 2.83. The van der Waals surface area contributed by atoms with Crippen molar-refractivity contribution in [3.8, 4) is 0 Å². The third-order valence-corrected chi connectivity index (χ3v) is 121. The topological polar surface area (TPSA) is 0 Å². The number of fused-ring (bicyclic) bond motifs is 20. The Morgan fingerprint density at radius 2 is 0.862 bits per heavy atom. The molecular weight excluding hydrogens is 436 g/mol. The van der Waals surface area contributed by atoms with Crippen LogP contribution in [-0.4, -0.2) is 0 Å². The van der Waals surface area contributed by atoms with Gasteiger partial charge in [0.1, 0.15) is 0 Å². The summed E-state index contributed by atoms with van der Waals surface area (Å²) in [6.45, 7) is 2.13. The van der Waals surface area contributed by atoms with E-state index in [-0.39, 0.29) is 0 Å². The number of hydrogen-bond acceptors (Lipinski definition) is 0. The van der Waals surface area contributed by atoms with Crippen molar-refractivity contribution in [2.45, 2.75) is 134 Å². The quantitative estimate of drug-likeness (QED) is 0.353. The summed E-state index contributed by atoms with van der Waals surface area (Å²) in [4.78, 5) is 25.1. The van der Waals surface area contributed by atoms with E-state index < -0.39 is 13.0 Å². The van der Waals surface area contributed by atoms with Crippen molar-refractivity contribution in [1.29, 1.82) is 0 Å². The van der Waals surface area contributed by atoms with Gasteiger partial charge < -0.3 is 0 Å². The Balaban J connectivity index is 1.13. The Hall–Kier alpha value is 1.04. The first-order chi connectivity index (χ1) is 13.7. The minimum absolute atomic E-state index is 1.20. The molecule has 2 heteroatoms. The van der Waals surface area contributed by atoms with Crippen LogP contribution in [0.4, 0.5) is 0 Å². The van der Waals surface area contributed by atoms with E-state index in [1.54, 1.807) is 96.3 Å². The Kier molecular flexibility index (Phi) is 0.290. The Bertz CT molecular complexity index is 2000. The van der Waals surface area contributed by atoms with E-state index in [9.17, 15) is 0 Å². The summed E-state index contributed by atoms with van der Waals surface area (Å²) in [6.07, 6.45) is 5.25. The molecule has 0 N–H and O–H groups in total. The van der Waals surface area contributed by atoms with E-state index in [4.69, 9.17) is 0 Å². The van der Waals surface area contributed by atoms with Gasteiger partial charge in [-0.05, 0) is 0 Å². The zero-order chi connectivity index (χ0) is 17.6. The van der Waals surface area contributed by atoms with Gasteiger partial charge in [0.15, 0.2) is 0 Å². The van der Waals surface area contributed by atoms with E-state index in [1.807, 2.05) is 0 Å². The fourth-order valence-corrected chi connectivity index (χ4v) is 198. The van der Waals surface area contributed by atoms with Crippen LogP contribution < -0.4 is 0 Å². The number of hydrogen-bond donors (Lipinski definition) is 0. The molecule has 156 valence electrons. The molecule has 0 saturated carbocycles. The summed E-state index contributed by atoms with van der Waals surface area (Å²) >= 11 is 0. The zero-order valence-electron chi connectivity index (χ0n) is 17.6. The van der Waals surface area contributed by atoms with Crippen LogP contribution in [0.25, 0.3) is 0 Å². The van der Waals surface area contributed by atoms with Gasteiger partial charge in [0, 0.05) is 0 Å². The Morgan fingerprint density at radius 3 is 1.03 bits per heavy atom. The predicted molar refractivity (Wildman–Crippen MR) is 105 cm³/mol. The van der Waals surface area contributed by atoms with Crippen molar-refractivity contribution in [3.05, 3.63) is 0 Å². The van der Waals surface area contributed by atoms with Gasteiger partial charge >= 0.3 is 153 Å². The van der Waals surface area contributed by atoms with E-state index in [0.717, 1.165) is 0 Å². The van der Waals surface area contributed by atoms with Crippen LogP contribution in [0.5, 0.6) is 0 Å². The first-order valence-electron chi connectivity index (χ1n) is 14.1. The molecule has 20 aliphatic rings. The second-order valence-corrected chi connectivity index (χ2v) is 68.3. The summed E-state index contributed by atoms with van der Waals surface area (Å²) in [7, 11) is 0. The number of rotatable bonds is 5. The van der Waals surface area contributed by atoms with Gasteiger partial charge in [0.05, 0.1) is 0 Å². The summed E-state index contributed by atoms with van der Waals surface area (Å²) in [6, 6.07) is 0. The molecule has 0 aliphatic carbocycles. The molecule has 20 heterocycles. The summed E-state index contributed by atoms with van der Waals surface area (Å²) in [5, 5.41) is 0. The second-order valence-electron chi connectivity index (χ2n) is 21.6. The molecule has 10 unspecified atom stereocenters. The third-order valence-electron chi connectivity index (χ3n) is 33.0. The average Bonchev–Trinajstić information content (AvgIpc) is 3.61. The van der Waals surface area contributed by atoms with Crippen molar-refractivity contribution >= 4 is 0 Å². The van der Waals surface area contributed by atoms with Crippen LogP contribution >= 0.6 is 0 Å². The monoisotopic (exact) mass is 468 g/mol. The minimum atomic E-state index is -3.15. The van der Waals surface area contributed by atoms with Gasteiger partial charge in [0.25, 0.3) is 0 Å². The first kappa shape index (κ1) is 10.5. The molecule has 2 spiro atoms. The predicted octanol–water partition coefficient (Wildman–Crippen LogP) is 9.09. The van der Waals surface area contributed by atoms with E-state index in [0.29, 0.717) is 0 Å². The first-order valence-corrected chi connectivity index (χ1v) is 26.5. The molecule has 20 rings (SSSR count).